The summed E-state index contributed by atoms with van der Waals surface area (Å²) >= 11 is 5.84. The van der Waals surface area contributed by atoms with Gasteiger partial charge in [-0.1, -0.05) is 11.6 Å². The van der Waals surface area contributed by atoms with Crippen LogP contribution in [0.3, 0.4) is 0 Å². The van der Waals surface area contributed by atoms with E-state index in [1.54, 1.807) is 6.07 Å². The molecule has 0 saturated carbocycles. The van der Waals surface area contributed by atoms with Crippen LogP contribution in [-0.4, -0.2) is 15.9 Å². The molecule has 0 saturated heterocycles. The van der Waals surface area contributed by atoms with Gasteiger partial charge in [-0.25, -0.2) is 10.8 Å². The zero-order chi connectivity index (χ0) is 14.5. The van der Waals surface area contributed by atoms with Gasteiger partial charge in [-0.05, 0) is 18.2 Å². The van der Waals surface area contributed by atoms with Crippen LogP contribution < -0.4 is 16.6 Å². The summed E-state index contributed by atoms with van der Waals surface area (Å²) in [6, 6.07) is 6.52. The summed E-state index contributed by atoms with van der Waals surface area (Å²) in [6.45, 7) is 0. The number of hydrazine groups is 1. The fourth-order valence-corrected chi connectivity index (χ4v) is 1.62. The fourth-order valence-electron chi connectivity index (χ4n) is 1.45. The number of carbonyl (C=O) groups excluding carboxylic acids is 1. The monoisotopic (exact) mass is 288 g/mol. The lowest BCUT2D eigenvalue weighted by atomic mass is 10.2. The summed E-state index contributed by atoms with van der Waals surface area (Å²) in [4.78, 5) is 19.8. The highest BCUT2D eigenvalue weighted by molar-refractivity contribution is 6.31. The van der Waals surface area contributed by atoms with Crippen molar-refractivity contribution in [1.82, 2.24) is 9.97 Å². The summed E-state index contributed by atoms with van der Waals surface area (Å²) in [5.74, 6) is 4.93. The number of benzene rings is 1. The molecule has 0 atom stereocenters. The second-order valence-electron chi connectivity index (χ2n) is 3.69. The van der Waals surface area contributed by atoms with Crippen LogP contribution in [0.2, 0.25) is 5.02 Å². The summed E-state index contributed by atoms with van der Waals surface area (Å²) in [7, 11) is 0. The van der Waals surface area contributed by atoms with Gasteiger partial charge in [0.2, 0.25) is 0 Å². The SMILES string of the molecule is N#Cc1ccc(Cl)cc1NC(=O)c1cncc(NN)n1. The van der Waals surface area contributed by atoms with E-state index in [1.165, 1.54) is 24.5 Å². The first-order valence-electron chi connectivity index (χ1n) is 5.43. The molecule has 0 fully saturated rings. The maximum atomic E-state index is 12.0. The van der Waals surface area contributed by atoms with Crippen LogP contribution in [0.4, 0.5) is 11.5 Å². The van der Waals surface area contributed by atoms with Crippen molar-refractivity contribution in [3.8, 4) is 6.07 Å². The highest BCUT2D eigenvalue weighted by Crippen LogP contribution is 2.20. The predicted octanol–water partition coefficient (Wildman–Crippen LogP) is 1.54. The van der Waals surface area contributed by atoms with Crippen molar-refractivity contribution < 1.29 is 4.79 Å². The Kier molecular flexibility index (Phi) is 4.10. The molecule has 1 aromatic carbocycles. The third-order valence-corrected chi connectivity index (χ3v) is 2.60. The van der Waals surface area contributed by atoms with Crippen molar-refractivity contribution in [2.45, 2.75) is 0 Å². The van der Waals surface area contributed by atoms with Gasteiger partial charge in [-0.2, -0.15) is 5.26 Å². The standard InChI is InChI=1S/C12H9ClN6O/c13-8-2-1-7(4-14)9(3-8)18-12(20)10-5-16-6-11(17-10)19-15/h1-3,5-6H,15H2,(H,17,19)(H,18,20). The van der Waals surface area contributed by atoms with Crippen molar-refractivity contribution in [3.05, 3.63) is 46.9 Å². The Hall–Kier alpha value is -2.69. The van der Waals surface area contributed by atoms with E-state index in [-0.39, 0.29) is 11.5 Å². The van der Waals surface area contributed by atoms with Gasteiger partial charge in [0.15, 0.2) is 5.82 Å². The average Bonchev–Trinajstić information content (AvgIpc) is 2.47. The quantitative estimate of drug-likeness (QED) is 0.582. The molecule has 1 heterocycles. The van der Waals surface area contributed by atoms with E-state index >= 15 is 0 Å². The Balaban J connectivity index is 2.28. The number of anilines is 2. The van der Waals surface area contributed by atoms with Crippen LogP contribution in [0.5, 0.6) is 0 Å². The number of nitrogen functional groups attached to an aromatic ring is 1. The largest absolute Gasteiger partial charge is 0.319 e. The summed E-state index contributed by atoms with van der Waals surface area (Å²) in [6.07, 6.45) is 2.66. The molecule has 7 nitrogen and oxygen atoms in total. The number of nitriles is 1. The van der Waals surface area contributed by atoms with Crippen molar-refractivity contribution in [2.75, 3.05) is 10.7 Å². The number of nitrogens with one attached hydrogen (secondary N) is 2. The van der Waals surface area contributed by atoms with Gasteiger partial charge in [0.05, 0.1) is 23.6 Å². The van der Waals surface area contributed by atoms with E-state index in [4.69, 9.17) is 22.7 Å². The number of aromatic nitrogens is 2. The molecule has 2 rings (SSSR count). The van der Waals surface area contributed by atoms with Crippen LogP contribution in [0.15, 0.2) is 30.6 Å². The third-order valence-electron chi connectivity index (χ3n) is 2.37. The summed E-state index contributed by atoms with van der Waals surface area (Å²) in [5.41, 5.74) is 2.95. The first kappa shape index (κ1) is 13.7. The van der Waals surface area contributed by atoms with Crippen LogP contribution in [0.25, 0.3) is 0 Å². The molecule has 0 spiro atoms. The maximum Gasteiger partial charge on any atom is 0.275 e. The molecule has 1 amide bonds. The second kappa shape index (κ2) is 5.97. The van der Waals surface area contributed by atoms with Crippen LogP contribution in [0, 0.1) is 11.3 Å². The van der Waals surface area contributed by atoms with Crippen LogP contribution >= 0.6 is 11.6 Å². The minimum Gasteiger partial charge on any atom is -0.319 e. The number of hydrogen-bond acceptors (Lipinski definition) is 6. The molecule has 0 aliphatic rings. The van der Waals surface area contributed by atoms with Gasteiger partial charge in [0, 0.05) is 5.02 Å². The lowest BCUT2D eigenvalue weighted by molar-refractivity contribution is 0.102. The van der Waals surface area contributed by atoms with E-state index in [0.717, 1.165) is 0 Å². The number of carbonyl (C=O) groups is 1. The Labute approximate surface area is 119 Å². The van der Waals surface area contributed by atoms with Gasteiger partial charge < -0.3 is 10.7 Å². The number of nitrogens with two attached hydrogens (primary N) is 1. The maximum absolute atomic E-state index is 12.0. The minimum atomic E-state index is -0.520. The molecule has 0 radical (unpaired) electrons. The first-order valence-corrected chi connectivity index (χ1v) is 5.81. The Bertz CT molecular complexity index is 697. The normalized spacial score (nSPS) is 9.65. The highest BCUT2D eigenvalue weighted by atomic mass is 35.5. The molecule has 0 aliphatic heterocycles. The summed E-state index contributed by atoms with van der Waals surface area (Å²) in [5, 5.41) is 11.9. The molecule has 0 aliphatic carbocycles. The van der Waals surface area contributed by atoms with Crippen molar-refractivity contribution in [2.24, 2.45) is 5.84 Å². The Morgan fingerprint density at radius 2 is 2.20 bits per heavy atom. The van der Waals surface area contributed by atoms with Crippen molar-refractivity contribution in [3.63, 3.8) is 0 Å². The molecule has 0 unspecified atom stereocenters. The Morgan fingerprint density at radius 3 is 2.90 bits per heavy atom. The molecule has 0 bridgehead atoms. The molecule has 4 N–H and O–H groups in total. The number of amides is 1. The topological polar surface area (TPSA) is 117 Å². The minimum absolute atomic E-state index is 0.0596. The smallest absolute Gasteiger partial charge is 0.275 e. The van der Waals surface area contributed by atoms with Gasteiger partial charge in [0.25, 0.3) is 5.91 Å². The molecule has 8 heteroatoms. The zero-order valence-electron chi connectivity index (χ0n) is 10.1. The number of halogens is 1. The lowest BCUT2D eigenvalue weighted by Gasteiger charge is -2.07. The lowest BCUT2D eigenvalue weighted by Crippen LogP contribution is -2.17. The van der Waals surface area contributed by atoms with Gasteiger partial charge in [-0.3, -0.25) is 9.78 Å². The predicted molar refractivity (Wildman–Crippen MR) is 74.0 cm³/mol. The fraction of sp³-hybridized carbons (Fsp3) is 0. The molecule has 20 heavy (non-hydrogen) atoms. The van der Waals surface area contributed by atoms with E-state index in [1.807, 2.05) is 6.07 Å². The van der Waals surface area contributed by atoms with E-state index in [0.29, 0.717) is 16.3 Å². The van der Waals surface area contributed by atoms with Crippen molar-refractivity contribution in [1.29, 1.82) is 5.26 Å². The number of nitrogens with zero attached hydrogens (tertiary/aromatic N) is 3. The molecule has 1 aromatic heterocycles. The number of hydrogen-bond donors (Lipinski definition) is 3. The zero-order valence-corrected chi connectivity index (χ0v) is 10.8. The molecule has 100 valence electrons. The van der Waals surface area contributed by atoms with Gasteiger partial charge in [0.1, 0.15) is 11.8 Å². The molecular formula is C12H9ClN6O. The van der Waals surface area contributed by atoms with Crippen LogP contribution in [-0.2, 0) is 0 Å². The number of rotatable bonds is 3. The highest BCUT2D eigenvalue weighted by Gasteiger charge is 2.12. The van der Waals surface area contributed by atoms with Gasteiger partial charge in [-0.15, -0.1) is 0 Å². The average molecular weight is 289 g/mol. The van der Waals surface area contributed by atoms with Gasteiger partial charge >= 0.3 is 0 Å². The first-order chi connectivity index (χ1) is 9.63. The van der Waals surface area contributed by atoms with E-state index in [2.05, 4.69) is 20.7 Å². The van der Waals surface area contributed by atoms with Crippen molar-refractivity contribution >= 4 is 29.0 Å². The summed E-state index contributed by atoms with van der Waals surface area (Å²) < 4.78 is 0. The Morgan fingerprint density at radius 1 is 1.40 bits per heavy atom. The second-order valence-corrected chi connectivity index (χ2v) is 4.13. The molecular weight excluding hydrogens is 280 g/mol. The van der Waals surface area contributed by atoms with Crippen LogP contribution in [0.1, 0.15) is 16.1 Å². The van der Waals surface area contributed by atoms with E-state index < -0.39 is 5.91 Å². The molecule has 2 aromatic rings. The third kappa shape index (κ3) is 3.00. The van der Waals surface area contributed by atoms with E-state index in [9.17, 15) is 4.79 Å².